The van der Waals surface area contributed by atoms with Crippen molar-refractivity contribution in [2.45, 2.75) is 25.5 Å². The number of fused-ring (bicyclic) bond motifs is 5. The number of amides is 1. The van der Waals surface area contributed by atoms with Gasteiger partial charge in [0.25, 0.3) is 5.69 Å². The van der Waals surface area contributed by atoms with Crippen LogP contribution in [0.2, 0.25) is 0 Å². The van der Waals surface area contributed by atoms with Crippen molar-refractivity contribution in [1.29, 1.82) is 0 Å². The van der Waals surface area contributed by atoms with E-state index in [2.05, 4.69) is 0 Å². The second-order valence-corrected chi connectivity index (χ2v) is 8.67. The van der Waals surface area contributed by atoms with E-state index in [-0.39, 0.29) is 24.7 Å². The summed E-state index contributed by atoms with van der Waals surface area (Å²) in [5.41, 5.74) is -0.194. The van der Waals surface area contributed by atoms with Crippen LogP contribution < -0.4 is 9.64 Å². The number of nitro groups is 1. The zero-order valence-corrected chi connectivity index (χ0v) is 16.7. The monoisotopic (exact) mass is 418 g/mol. The SMILES string of the molecule is CCOP(=O)(OCC)[C@H]1C(=O)N2c3ccccc3Oc3cc([N+](=O)[O-])ccc3[C@H]12. The number of nitro benzene ring substituents is 1. The van der Waals surface area contributed by atoms with Crippen molar-refractivity contribution in [1.82, 2.24) is 0 Å². The number of ether oxygens (including phenoxy) is 1. The second-order valence-electron chi connectivity index (χ2n) is 6.52. The van der Waals surface area contributed by atoms with Crippen LogP contribution in [-0.2, 0) is 18.4 Å². The summed E-state index contributed by atoms with van der Waals surface area (Å²) >= 11 is 0. The Morgan fingerprint density at radius 3 is 2.48 bits per heavy atom. The van der Waals surface area contributed by atoms with Crippen molar-refractivity contribution in [3.63, 3.8) is 0 Å². The summed E-state index contributed by atoms with van der Waals surface area (Å²) in [7, 11) is -3.77. The molecule has 0 bridgehead atoms. The van der Waals surface area contributed by atoms with Crippen molar-refractivity contribution in [3.05, 3.63) is 58.1 Å². The third-order valence-electron chi connectivity index (χ3n) is 4.90. The van der Waals surface area contributed by atoms with Gasteiger partial charge < -0.3 is 13.8 Å². The van der Waals surface area contributed by atoms with Crippen molar-refractivity contribution in [2.75, 3.05) is 18.1 Å². The highest BCUT2D eigenvalue weighted by Gasteiger charge is 2.61. The van der Waals surface area contributed by atoms with E-state index < -0.39 is 30.1 Å². The van der Waals surface area contributed by atoms with E-state index in [0.29, 0.717) is 17.0 Å². The van der Waals surface area contributed by atoms with Gasteiger partial charge in [-0.25, -0.2) is 0 Å². The molecule has 2 heterocycles. The van der Waals surface area contributed by atoms with Crippen molar-refractivity contribution >= 4 is 24.9 Å². The molecule has 0 N–H and O–H groups in total. The highest BCUT2D eigenvalue weighted by Crippen LogP contribution is 2.65. The zero-order chi connectivity index (χ0) is 20.8. The number of carbonyl (C=O) groups excluding carboxylic acids is 1. The minimum atomic E-state index is -3.77. The molecule has 9 nitrogen and oxygen atoms in total. The number of rotatable bonds is 6. The van der Waals surface area contributed by atoms with Crippen LogP contribution in [0.4, 0.5) is 11.4 Å². The maximum Gasteiger partial charge on any atom is 0.345 e. The van der Waals surface area contributed by atoms with Crippen LogP contribution in [0.1, 0.15) is 25.5 Å². The Morgan fingerprint density at radius 2 is 1.83 bits per heavy atom. The molecule has 2 aliphatic heterocycles. The van der Waals surface area contributed by atoms with Crippen LogP contribution in [-0.4, -0.2) is 29.7 Å². The first kappa shape index (κ1) is 19.6. The molecule has 0 radical (unpaired) electrons. The van der Waals surface area contributed by atoms with Gasteiger partial charge in [-0.05, 0) is 32.0 Å². The fraction of sp³-hybridized carbons (Fsp3) is 0.316. The molecule has 2 aromatic rings. The van der Waals surface area contributed by atoms with E-state index >= 15 is 0 Å². The van der Waals surface area contributed by atoms with Crippen molar-refractivity contribution in [3.8, 4) is 11.5 Å². The predicted molar refractivity (Wildman–Crippen MR) is 104 cm³/mol. The van der Waals surface area contributed by atoms with E-state index in [1.807, 2.05) is 0 Å². The number of anilines is 1. The summed E-state index contributed by atoms with van der Waals surface area (Å²) in [4.78, 5) is 25.3. The first-order valence-electron chi connectivity index (χ1n) is 9.18. The van der Waals surface area contributed by atoms with Crippen molar-refractivity contribution < 1.29 is 28.1 Å². The highest BCUT2D eigenvalue weighted by molar-refractivity contribution is 7.56. The smallest absolute Gasteiger partial charge is 0.345 e. The van der Waals surface area contributed by atoms with Gasteiger partial charge in [-0.1, -0.05) is 12.1 Å². The van der Waals surface area contributed by atoms with E-state index in [0.717, 1.165) is 0 Å². The third-order valence-corrected chi connectivity index (χ3v) is 7.32. The van der Waals surface area contributed by atoms with Gasteiger partial charge in [-0.2, -0.15) is 0 Å². The number of non-ortho nitro benzene ring substituents is 1. The Hall–Kier alpha value is -2.74. The Bertz CT molecular complexity index is 1030. The molecular weight excluding hydrogens is 399 g/mol. The molecule has 29 heavy (non-hydrogen) atoms. The first-order valence-corrected chi connectivity index (χ1v) is 10.8. The molecule has 2 atom stereocenters. The van der Waals surface area contributed by atoms with Gasteiger partial charge in [0.1, 0.15) is 5.75 Å². The summed E-state index contributed by atoms with van der Waals surface area (Å²) in [6.45, 7) is 3.59. The number of nitrogens with zero attached hydrogens (tertiary/aromatic N) is 2. The minimum Gasteiger partial charge on any atom is -0.455 e. The summed E-state index contributed by atoms with van der Waals surface area (Å²) in [6.07, 6.45) is 0. The molecule has 2 aliphatic rings. The van der Waals surface area contributed by atoms with Gasteiger partial charge in [-0.15, -0.1) is 0 Å². The number of hydrogen-bond acceptors (Lipinski definition) is 7. The van der Waals surface area contributed by atoms with Gasteiger partial charge in [0.15, 0.2) is 11.4 Å². The van der Waals surface area contributed by atoms with E-state index in [1.165, 1.54) is 23.1 Å². The number of β-lactam (4-membered cyclic amide) rings is 1. The van der Waals surface area contributed by atoms with E-state index in [1.54, 1.807) is 38.1 Å². The summed E-state index contributed by atoms with van der Waals surface area (Å²) in [5.74, 6) is 0.213. The lowest BCUT2D eigenvalue weighted by molar-refractivity contribution is -0.384. The number of benzene rings is 2. The van der Waals surface area contributed by atoms with E-state index in [9.17, 15) is 19.5 Å². The maximum atomic E-state index is 13.4. The van der Waals surface area contributed by atoms with Gasteiger partial charge in [0.05, 0.1) is 35.9 Å². The topological polar surface area (TPSA) is 108 Å². The van der Waals surface area contributed by atoms with Gasteiger partial charge in [0, 0.05) is 11.6 Å². The average Bonchev–Trinajstić information content (AvgIpc) is 2.79. The largest absolute Gasteiger partial charge is 0.455 e. The minimum absolute atomic E-state index is 0.119. The Balaban J connectivity index is 1.89. The lowest BCUT2D eigenvalue weighted by Crippen LogP contribution is -2.59. The summed E-state index contributed by atoms with van der Waals surface area (Å²) in [5, 5.41) is 11.2. The zero-order valence-electron chi connectivity index (χ0n) is 15.8. The Morgan fingerprint density at radius 1 is 1.14 bits per heavy atom. The molecule has 0 aromatic heterocycles. The van der Waals surface area contributed by atoms with E-state index in [4.69, 9.17) is 13.8 Å². The normalized spacial score (nSPS) is 19.9. The van der Waals surface area contributed by atoms with Crippen LogP contribution in [0.25, 0.3) is 0 Å². The molecule has 1 saturated heterocycles. The molecule has 0 unspecified atom stereocenters. The van der Waals surface area contributed by atoms with Crippen LogP contribution in [0.15, 0.2) is 42.5 Å². The summed E-state index contributed by atoms with van der Waals surface area (Å²) in [6, 6.07) is 10.4. The standard InChI is InChI=1S/C19H19N2O7P/c1-3-26-29(25,27-4-2)18-17-13-10-9-12(21(23)24)11-16(13)28-15-8-6-5-7-14(15)20(17)19(18)22/h5-11,17-18H,3-4H2,1-2H3/t17-,18-/m1/s1. The summed E-state index contributed by atoms with van der Waals surface area (Å²) < 4.78 is 30.2. The highest BCUT2D eigenvalue weighted by atomic mass is 31.2. The fourth-order valence-corrected chi connectivity index (χ4v) is 5.90. The van der Waals surface area contributed by atoms with Gasteiger partial charge in [-0.3, -0.25) is 24.4 Å². The number of carbonyl (C=O) groups is 1. The second kappa shape index (κ2) is 7.26. The first-order chi connectivity index (χ1) is 13.9. The number of hydrogen-bond donors (Lipinski definition) is 0. The molecule has 10 heteroatoms. The Kier molecular flexibility index (Phi) is 4.90. The molecular formula is C19H19N2O7P. The van der Waals surface area contributed by atoms with Gasteiger partial charge >= 0.3 is 7.60 Å². The molecule has 0 spiro atoms. The Labute approximate surface area is 166 Å². The van der Waals surface area contributed by atoms with Crippen LogP contribution in [0, 0.1) is 10.1 Å². The number of para-hydroxylation sites is 2. The quantitative estimate of drug-likeness (QED) is 0.296. The lowest BCUT2D eigenvalue weighted by Gasteiger charge is -2.47. The van der Waals surface area contributed by atoms with Crippen molar-refractivity contribution in [2.24, 2.45) is 0 Å². The molecule has 152 valence electrons. The van der Waals surface area contributed by atoms with Crippen LogP contribution in [0.5, 0.6) is 11.5 Å². The molecule has 0 aliphatic carbocycles. The fourth-order valence-electron chi connectivity index (χ4n) is 3.75. The molecule has 1 fully saturated rings. The molecule has 1 amide bonds. The van der Waals surface area contributed by atoms with Gasteiger partial charge in [0.2, 0.25) is 5.91 Å². The lowest BCUT2D eigenvalue weighted by atomic mass is 9.92. The maximum absolute atomic E-state index is 13.4. The molecule has 2 aromatic carbocycles. The third kappa shape index (κ3) is 3.02. The molecule has 0 saturated carbocycles. The molecule has 4 rings (SSSR count). The van der Waals surface area contributed by atoms with Crippen LogP contribution in [0.3, 0.4) is 0 Å². The predicted octanol–water partition coefficient (Wildman–Crippen LogP) is 4.42. The van der Waals surface area contributed by atoms with Crippen LogP contribution >= 0.6 is 7.60 Å². The average molecular weight is 418 g/mol.